The van der Waals surface area contributed by atoms with Gasteiger partial charge in [-0.05, 0) is 41.5 Å². The molecule has 3 aromatic rings. The molecule has 1 aliphatic carbocycles. The highest BCUT2D eigenvalue weighted by Gasteiger charge is 2.50. The molecule has 1 saturated carbocycles. The summed E-state index contributed by atoms with van der Waals surface area (Å²) in [5.74, 6) is -0.493. The van der Waals surface area contributed by atoms with Crippen molar-refractivity contribution in [1.29, 1.82) is 0 Å². The zero-order valence-electron chi connectivity index (χ0n) is 20.0. The van der Waals surface area contributed by atoms with Crippen LogP contribution in [0.3, 0.4) is 0 Å². The summed E-state index contributed by atoms with van der Waals surface area (Å²) >= 11 is 5.97. The number of aliphatic hydroxyl groups is 1. The minimum absolute atomic E-state index is 0.0330. The third kappa shape index (κ3) is 6.04. The van der Waals surface area contributed by atoms with Crippen LogP contribution in [0.1, 0.15) is 23.2 Å². The third-order valence-electron chi connectivity index (χ3n) is 6.81. The first-order chi connectivity index (χ1) is 18.0. The summed E-state index contributed by atoms with van der Waals surface area (Å²) in [5, 5.41) is 11.0. The monoisotopic (exact) mass is 518 g/mol. The molecule has 1 N–H and O–H groups in total. The summed E-state index contributed by atoms with van der Waals surface area (Å²) in [5.41, 5.74) is 2.52. The lowest BCUT2D eigenvalue weighted by atomic mass is 9.91. The second-order valence-electron chi connectivity index (χ2n) is 9.32. The van der Waals surface area contributed by atoms with Gasteiger partial charge in [-0.25, -0.2) is 4.79 Å². The summed E-state index contributed by atoms with van der Waals surface area (Å²) in [6.45, 7) is 0.0330. The van der Waals surface area contributed by atoms with Crippen molar-refractivity contribution in [3.63, 3.8) is 0 Å². The van der Waals surface area contributed by atoms with Crippen molar-refractivity contribution in [2.45, 2.75) is 31.2 Å². The molecule has 2 aliphatic rings. The smallest absolute Gasteiger partial charge is 0.338 e. The van der Waals surface area contributed by atoms with Crippen molar-refractivity contribution >= 4 is 23.5 Å². The van der Waals surface area contributed by atoms with Crippen LogP contribution >= 0.6 is 11.6 Å². The van der Waals surface area contributed by atoms with Gasteiger partial charge in [0.05, 0.1) is 12.0 Å². The van der Waals surface area contributed by atoms with E-state index in [1.165, 1.54) is 0 Å². The number of aliphatic hydroxyl groups excluding tert-OH is 1. The van der Waals surface area contributed by atoms with Gasteiger partial charge in [-0.15, -0.1) is 0 Å². The molecule has 0 spiro atoms. The molecule has 37 heavy (non-hydrogen) atoms. The van der Waals surface area contributed by atoms with E-state index in [2.05, 4.69) is 0 Å². The van der Waals surface area contributed by atoms with Crippen LogP contribution in [0, 0.1) is 11.8 Å². The van der Waals surface area contributed by atoms with E-state index in [0.717, 1.165) is 11.1 Å². The van der Waals surface area contributed by atoms with Gasteiger partial charge in [-0.1, -0.05) is 72.3 Å². The van der Waals surface area contributed by atoms with Gasteiger partial charge in [-0.3, -0.25) is 4.79 Å². The van der Waals surface area contributed by atoms with Crippen molar-refractivity contribution in [2.24, 2.45) is 11.8 Å². The number of benzene rings is 3. The molecule has 0 aromatic heterocycles. The van der Waals surface area contributed by atoms with Gasteiger partial charge in [0.15, 0.2) is 0 Å². The van der Waals surface area contributed by atoms with Crippen LogP contribution in [0.2, 0.25) is 5.02 Å². The summed E-state index contributed by atoms with van der Waals surface area (Å²) < 4.78 is 17.0. The van der Waals surface area contributed by atoms with Gasteiger partial charge >= 0.3 is 11.9 Å². The van der Waals surface area contributed by atoms with Gasteiger partial charge in [-0.2, -0.15) is 0 Å². The van der Waals surface area contributed by atoms with Gasteiger partial charge in [0, 0.05) is 23.3 Å². The Bertz CT molecular complexity index is 1270. The number of carbonyl (C=O) groups excluding carboxylic acids is 2. The Balaban J connectivity index is 1.24. The fourth-order valence-electron chi connectivity index (χ4n) is 4.98. The number of fused-ring (bicyclic) bond motifs is 1. The first-order valence-electron chi connectivity index (χ1n) is 12.3. The second-order valence-corrected chi connectivity index (χ2v) is 9.75. The van der Waals surface area contributed by atoms with Crippen LogP contribution in [-0.4, -0.2) is 42.0 Å². The van der Waals surface area contributed by atoms with E-state index in [9.17, 15) is 14.7 Å². The lowest BCUT2D eigenvalue weighted by Gasteiger charge is -2.20. The Labute approximate surface area is 220 Å². The van der Waals surface area contributed by atoms with Gasteiger partial charge in [0.2, 0.25) is 0 Å². The lowest BCUT2D eigenvalue weighted by molar-refractivity contribution is -0.141. The van der Waals surface area contributed by atoms with Gasteiger partial charge in [0.1, 0.15) is 30.7 Å². The molecule has 1 aliphatic heterocycles. The highest BCUT2D eigenvalue weighted by Crippen LogP contribution is 2.43. The molecule has 0 bridgehead atoms. The summed E-state index contributed by atoms with van der Waals surface area (Å²) in [6.07, 6.45) is 2.45. The van der Waals surface area contributed by atoms with E-state index < -0.39 is 18.2 Å². The normalized spacial score (nSPS) is 23.5. The first-order valence-corrected chi connectivity index (χ1v) is 12.6. The molecule has 5 atom stereocenters. The Morgan fingerprint density at radius 3 is 2.57 bits per heavy atom. The van der Waals surface area contributed by atoms with Crippen LogP contribution in [0.5, 0.6) is 5.75 Å². The average molecular weight is 519 g/mol. The molecule has 0 unspecified atom stereocenters. The molecule has 0 amide bonds. The van der Waals surface area contributed by atoms with Crippen molar-refractivity contribution in [3.05, 3.63) is 102 Å². The Kier molecular flexibility index (Phi) is 7.58. The highest BCUT2D eigenvalue weighted by atomic mass is 35.5. The minimum Gasteiger partial charge on any atom is -0.491 e. The van der Waals surface area contributed by atoms with E-state index >= 15 is 0 Å². The van der Waals surface area contributed by atoms with Crippen molar-refractivity contribution in [3.8, 4) is 16.9 Å². The van der Waals surface area contributed by atoms with Crippen molar-refractivity contribution in [1.82, 2.24) is 0 Å². The Hall–Kier alpha value is -3.61. The minimum atomic E-state index is -0.891. The molecule has 190 valence electrons. The lowest BCUT2D eigenvalue weighted by Crippen LogP contribution is -2.25. The number of esters is 2. The molecule has 6 nitrogen and oxygen atoms in total. The molecular weight excluding hydrogens is 492 g/mol. The third-order valence-corrected chi connectivity index (χ3v) is 7.04. The number of rotatable bonds is 8. The maximum absolute atomic E-state index is 13.0. The summed E-state index contributed by atoms with van der Waals surface area (Å²) in [6, 6.07) is 24.1. The molecule has 5 rings (SSSR count). The zero-order valence-corrected chi connectivity index (χ0v) is 20.8. The second kappa shape index (κ2) is 11.2. The van der Waals surface area contributed by atoms with Gasteiger partial charge in [0.25, 0.3) is 0 Å². The predicted molar refractivity (Wildman–Crippen MR) is 139 cm³/mol. The molecular formula is C30H27ClO6. The standard InChI is InChI=1S/C30H27ClO6/c31-22-7-4-8-24(15-22)35-18-23(32)13-14-25-26-16-29(33)36-28(26)17-27(25)37-30(34)21-11-9-20(10-12-21)19-5-2-1-3-6-19/h1-15,23,25-28,32H,16-18H2/b14-13+/t23-,25-,26-,27-,28-/m0/s1. The maximum atomic E-state index is 13.0. The topological polar surface area (TPSA) is 82.1 Å². The van der Waals surface area contributed by atoms with Gasteiger partial charge < -0.3 is 19.3 Å². The number of hydrogen-bond acceptors (Lipinski definition) is 6. The van der Waals surface area contributed by atoms with Crippen LogP contribution in [0.25, 0.3) is 11.1 Å². The Morgan fingerprint density at radius 1 is 1.05 bits per heavy atom. The maximum Gasteiger partial charge on any atom is 0.338 e. The Morgan fingerprint density at radius 2 is 1.81 bits per heavy atom. The van der Waals surface area contributed by atoms with E-state index in [4.69, 9.17) is 25.8 Å². The van der Waals surface area contributed by atoms with Crippen molar-refractivity contribution in [2.75, 3.05) is 6.61 Å². The highest BCUT2D eigenvalue weighted by molar-refractivity contribution is 6.30. The summed E-state index contributed by atoms with van der Waals surface area (Å²) in [4.78, 5) is 24.9. The number of halogens is 1. The van der Waals surface area contributed by atoms with Crippen LogP contribution < -0.4 is 4.74 Å². The molecule has 1 heterocycles. The molecule has 2 fully saturated rings. The first kappa shape index (κ1) is 25.1. The predicted octanol–water partition coefficient (Wildman–Crippen LogP) is 5.48. The number of ether oxygens (including phenoxy) is 3. The quantitative estimate of drug-likeness (QED) is 0.314. The van der Waals surface area contributed by atoms with Crippen molar-refractivity contribution < 1.29 is 28.9 Å². The SMILES string of the molecule is O=C1C[C@H]2[C@H](/C=C/[C@H](O)COc3cccc(Cl)c3)[C@@H](OC(=O)c3ccc(-c4ccccc4)cc3)C[C@@H]2O1. The largest absolute Gasteiger partial charge is 0.491 e. The van der Waals surface area contributed by atoms with E-state index in [-0.39, 0.29) is 36.9 Å². The number of hydrogen-bond donors (Lipinski definition) is 1. The molecule has 0 radical (unpaired) electrons. The molecule has 1 saturated heterocycles. The fraction of sp³-hybridized carbons (Fsp3) is 0.267. The van der Waals surface area contributed by atoms with E-state index in [1.54, 1.807) is 42.5 Å². The fourth-order valence-corrected chi connectivity index (χ4v) is 5.16. The summed E-state index contributed by atoms with van der Waals surface area (Å²) in [7, 11) is 0. The van der Waals surface area contributed by atoms with Crippen LogP contribution in [0.15, 0.2) is 91.0 Å². The zero-order chi connectivity index (χ0) is 25.8. The molecule has 7 heteroatoms. The van der Waals surface area contributed by atoms with E-state index in [0.29, 0.717) is 22.8 Å². The molecule has 3 aromatic carbocycles. The van der Waals surface area contributed by atoms with Crippen LogP contribution in [-0.2, 0) is 14.3 Å². The van der Waals surface area contributed by atoms with E-state index in [1.807, 2.05) is 48.5 Å². The number of carbonyl (C=O) groups is 2. The van der Waals surface area contributed by atoms with Crippen LogP contribution in [0.4, 0.5) is 0 Å². The average Bonchev–Trinajstić information content (AvgIpc) is 3.42.